The summed E-state index contributed by atoms with van der Waals surface area (Å²) in [4.78, 5) is 0. The molecular formula is C16H14N4. The van der Waals surface area contributed by atoms with Crippen molar-refractivity contribution in [3.63, 3.8) is 0 Å². The lowest BCUT2D eigenvalue weighted by Gasteiger charge is -2.05. The standard InChI is InChI=1S/C16H14N4/c17-16(18)15-11-14(12-7-3-1-4-8-12)19-20(15)13-9-5-2-6-10-13/h1-11H,(H3,17,18). The zero-order valence-electron chi connectivity index (χ0n) is 10.8. The van der Waals surface area contributed by atoms with Crippen LogP contribution in [-0.2, 0) is 0 Å². The summed E-state index contributed by atoms with van der Waals surface area (Å²) in [5.74, 6) is 0.00327. The smallest absolute Gasteiger partial charge is 0.141 e. The Morgan fingerprint density at radius 3 is 2.15 bits per heavy atom. The number of rotatable bonds is 3. The van der Waals surface area contributed by atoms with Gasteiger partial charge in [-0.05, 0) is 18.2 Å². The van der Waals surface area contributed by atoms with Gasteiger partial charge < -0.3 is 5.73 Å². The van der Waals surface area contributed by atoms with Crippen LogP contribution in [-0.4, -0.2) is 15.6 Å². The molecule has 3 aromatic rings. The zero-order valence-corrected chi connectivity index (χ0v) is 10.8. The Morgan fingerprint density at radius 2 is 1.55 bits per heavy atom. The fraction of sp³-hybridized carbons (Fsp3) is 0. The maximum atomic E-state index is 7.72. The van der Waals surface area contributed by atoms with Gasteiger partial charge in [0.15, 0.2) is 0 Å². The van der Waals surface area contributed by atoms with Crippen LogP contribution in [0.3, 0.4) is 0 Å². The number of aromatic nitrogens is 2. The molecule has 0 radical (unpaired) electrons. The number of nitrogens with one attached hydrogen (secondary N) is 1. The average molecular weight is 262 g/mol. The minimum absolute atomic E-state index is 0.00327. The minimum atomic E-state index is 0.00327. The Hall–Kier alpha value is -2.88. The van der Waals surface area contributed by atoms with E-state index in [0.717, 1.165) is 16.9 Å². The molecule has 4 nitrogen and oxygen atoms in total. The summed E-state index contributed by atoms with van der Waals surface area (Å²) in [7, 11) is 0. The van der Waals surface area contributed by atoms with Crippen molar-refractivity contribution in [2.24, 2.45) is 5.73 Å². The fourth-order valence-corrected chi connectivity index (χ4v) is 2.09. The molecule has 0 saturated carbocycles. The fourth-order valence-electron chi connectivity index (χ4n) is 2.09. The summed E-state index contributed by atoms with van der Waals surface area (Å²) in [6, 6.07) is 21.4. The van der Waals surface area contributed by atoms with E-state index >= 15 is 0 Å². The average Bonchev–Trinajstić information content (AvgIpc) is 2.94. The number of hydrogen-bond donors (Lipinski definition) is 2. The summed E-state index contributed by atoms with van der Waals surface area (Å²) in [5.41, 5.74) is 8.96. The first-order valence-electron chi connectivity index (χ1n) is 6.31. The number of nitrogens with zero attached hydrogens (tertiary/aromatic N) is 2. The van der Waals surface area contributed by atoms with E-state index in [2.05, 4.69) is 5.10 Å². The lowest BCUT2D eigenvalue weighted by Crippen LogP contribution is -2.16. The number of hydrogen-bond acceptors (Lipinski definition) is 2. The molecule has 0 atom stereocenters. The maximum absolute atomic E-state index is 7.72. The SMILES string of the molecule is N=C(N)c1cc(-c2ccccc2)nn1-c1ccccc1. The summed E-state index contributed by atoms with van der Waals surface area (Å²) >= 11 is 0. The third-order valence-electron chi connectivity index (χ3n) is 3.06. The molecule has 0 spiro atoms. The van der Waals surface area contributed by atoms with Crippen LogP contribution in [0.4, 0.5) is 0 Å². The van der Waals surface area contributed by atoms with E-state index in [1.165, 1.54) is 0 Å². The molecule has 20 heavy (non-hydrogen) atoms. The first-order chi connectivity index (χ1) is 9.75. The van der Waals surface area contributed by atoms with Gasteiger partial charge in [-0.3, -0.25) is 5.41 Å². The van der Waals surface area contributed by atoms with Crippen molar-refractivity contribution >= 4 is 5.84 Å². The topological polar surface area (TPSA) is 67.7 Å². The van der Waals surface area contributed by atoms with E-state index < -0.39 is 0 Å². The highest BCUT2D eigenvalue weighted by Crippen LogP contribution is 2.21. The minimum Gasteiger partial charge on any atom is -0.382 e. The van der Waals surface area contributed by atoms with Gasteiger partial charge in [-0.2, -0.15) is 5.10 Å². The number of nitrogen functional groups attached to an aromatic ring is 1. The second-order valence-corrected chi connectivity index (χ2v) is 4.44. The van der Waals surface area contributed by atoms with Crippen LogP contribution in [0.2, 0.25) is 0 Å². The Morgan fingerprint density at radius 1 is 0.950 bits per heavy atom. The van der Waals surface area contributed by atoms with Gasteiger partial charge in [0, 0.05) is 5.56 Å². The lowest BCUT2D eigenvalue weighted by atomic mass is 10.1. The predicted molar refractivity (Wildman–Crippen MR) is 80.0 cm³/mol. The molecule has 4 heteroatoms. The van der Waals surface area contributed by atoms with Gasteiger partial charge in [-0.1, -0.05) is 48.5 Å². The molecule has 3 N–H and O–H groups in total. The molecule has 1 aromatic heterocycles. The monoisotopic (exact) mass is 262 g/mol. The van der Waals surface area contributed by atoms with Crippen molar-refractivity contribution in [1.29, 1.82) is 5.41 Å². The Labute approximate surface area is 117 Å². The molecule has 0 unspecified atom stereocenters. The van der Waals surface area contributed by atoms with Gasteiger partial charge >= 0.3 is 0 Å². The van der Waals surface area contributed by atoms with Crippen LogP contribution in [0.5, 0.6) is 0 Å². The quantitative estimate of drug-likeness (QED) is 0.563. The van der Waals surface area contributed by atoms with E-state index in [1.54, 1.807) is 4.68 Å². The van der Waals surface area contributed by atoms with E-state index in [4.69, 9.17) is 11.1 Å². The van der Waals surface area contributed by atoms with E-state index in [0.29, 0.717) is 5.69 Å². The number of para-hydroxylation sites is 1. The van der Waals surface area contributed by atoms with Gasteiger partial charge in [0.1, 0.15) is 11.5 Å². The Balaban J connectivity index is 2.15. The molecule has 2 aromatic carbocycles. The largest absolute Gasteiger partial charge is 0.382 e. The highest BCUT2D eigenvalue weighted by atomic mass is 15.3. The summed E-state index contributed by atoms with van der Waals surface area (Å²) in [6.45, 7) is 0. The van der Waals surface area contributed by atoms with Crippen molar-refractivity contribution < 1.29 is 0 Å². The molecule has 0 fully saturated rings. The number of amidine groups is 1. The van der Waals surface area contributed by atoms with Crippen molar-refractivity contribution in [2.45, 2.75) is 0 Å². The normalized spacial score (nSPS) is 10.4. The molecule has 0 aliphatic carbocycles. The number of nitrogens with two attached hydrogens (primary N) is 1. The second-order valence-electron chi connectivity index (χ2n) is 4.44. The van der Waals surface area contributed by atoms with Crippen molar-refractivity contribution in [3.05, 3.63) is 72.4 Å². The molecule has 1 heterocycles. The first-order valence-corrected chi connectivity index (χ1v) is 6.31. The lowest BCUT2D eigenvalue weighted by molar-refractivity contribution is 0.872. The van der Waals surface area contributed by atoms with Crippen LogP contribution in [0.15, 0.2) is 66.7 Å². The van der Waals surface area contributed by atoms with E-state index in [9.17, 15) is 0 Å². The third-order valence-corrected chi connectivity index (χ3v) is 3.06. The molecule has 0 amide bonds. The summed E-state index contributed by atoms with van der Waals surface area (Å²) in [5, 5.41) is 12.3. The molecule has 0 bridgehead atoms. The van der Waals surface area contributed by atoms with Crippen LogP contribution in [0, 0.1) is 5.41 Å². The first kappa shape index (κ1) is 12.2. The van der Waals surface area contributed by atoms with Crippen LogP contribution in [0.1, 0.15) is 5.69 Å². The van der Waals surface area contributed by atoms with Gasteiger partial charge in [0.05, 0.1) is 11.4 Å². The highest BCUT2D eigenvalue weighted by Gasteiger charge is 2.12. The maximum Gasteiger partial charge on any atom is 0.141 e. The van der Waals surface area contributed by atoms with Gasteiger partial charge in [-0.15, -0.1) is 0 Å². The third kappa shape index (κ3) is 2.19. The molecule has 98 valence electrons. The Kier molecular flexibility index (Phi) is 3.05. The van der Waals surface area contributed by atoms with Crippen molar-refractivity contribution in [2.75, 3.05) is 0 Å². The Bertz CT molecular complexity index is 730. The summed E-state index contributed by atoms with van der Waals surface area (Å²) in [6.07, 6.45) is 0. The highest BCUT2D eigenvalue weighted by molar-refractivity contribution is 5.95. The van der Waals surface area contributed by atoms with E-state index in [1.807, 2.05) is 66.7 Å². The van der Waals surface area contributed by atoms with Gasteiger partial charge in [0.25, 0.3) is 0 Å². The van der Waals surface area contributed by atoms with Gasteiger partial charge in [-0.25, -0.2) is 4.68 Å². The number of benzene rings is 2. The van der Waals surface area contributed by atoms with Crippen LogP contribution in [0.25, 0.3) is 16.9 Å². The molecule has 0 saturated heterocycles. The van der Waals surface area contributed by atoms with Crippen molar-refractivity contribution in [1.82, 2.24) is 9.78 Å². The van der Waals surface area contributed by atoms with Crippen LogP contribution < -0.4 is 5.73 Å². The summed E-state index contributed by atoms with van der Waals surface area (Å²) < 4.78 is 1.70. The van der Waals surface area contributed by atoms with Crippen LogP contribution >= 0.6 is 0 Å². The second kappa shape index (κ2) is 5.01. The van der Waals surface area contributed by atoms with E-state index in [-0.39, 0.29) is 5.84 Å². The molecule has 0 aliphatic heterocycles. The van der Waals surface area contributed by atoms with Crippen molar-refractivity contribution in [3.8, 4) is 16.9 Å². The zero-order chi connectivity index (χ0) is 13.9. The molecule has 0 aliphatic rings. The predicted octanol–water partition coefficient (Wildman–Crippen LogP) is 2.82. The molecular weight excluding hydrogens is 248 g/mol. The molecule has 3 rings (SSSR count). The van der Waals surface area contributed by atoms with Gasteiger partial charge in [0.2, 0.25) is 0 Å².